The SMILES string of the molecule is CCOc1cccc(C2C(N)CCCN2C)c1. The molecule has 0 amide bonds. The van der Waals surface area contributed by atoms with Crippen LogP contribution in [0.3, 0.4) is 0 Å². The minimum absolute atomic E-state index is 0.227. The van der Waals surface area contributed by atoms with Crippen molar-refractivity contribution in [2.45, 2.75) is 31.8 Å². The summed E-state index contributed by atoms with van der Waals surface area (Å²) in [6.07, 6.45) is 2.30. The fourth-order valence-corrected chi connectivity index (χ4v) is 2.66. The number of ether oxygens (including phenoxy) is 1. The molecule has 0 spiro atoms. The largest absolute Gasteiger partial charge is 0.494 e. The van der Waals surface area contributed by atoms with E-state index in [1.165, 1.54) is 12.0 Å². The van der Waals surface area contributed by atoms with Crippen LogP contribution in [0.5, 0.6) is 5.75 Å². The maximum Gasteiger partial charge on any atom is 0.119 e. The minimum Gasteiger partial charge on any atom is -0.494 e. The van der Waals surface area contributed by atoms with Crippen molar-refractivity contribution in [1.29, 1.82) is 0 Å². The van der Waals surface area contributed by atoms with Gasteiger partial charge in [0.15, 0.2) is 0 Å². The van der Waals surface area contributed by atoms with Crippen molar-refractivity contribution in [2.24, 2.45) is 5.73 Å². The quantitative estimate of drug-likeness (QED) is 0.871. The van der Waals surface area contributed by atoms with Crippen molar-refractivity contribution < 1.29 is 4.74 Å². The van der Waals surface area contributed by atoms with Gasteiger partial charge < -0.3 is 10.5 Å². The van der Waals surface area contributed by atoms with Gasteiger partial charge in [0.05, 0.1) is 6.61 Å². The fraction of sp³-hybridized carbons (Fsp3) is 0.571. The number of likely N-dealkylation sites (N-methyl/N-ethyl adjacent to an activating group) is 1. The van der Waals surface area contributed by atoms with Gasteiger partial charge in [0, 0.05) is 12.1 Å². The van der Waals surface area contributed by atoms with E-state index in [0.29, 0.717) is 12.6 Å². The summed E-state index contributed by atoms with van der Waals surface area (Å²) in [5.74, 6) is 0.941. The summed E-state index contributed by atoms with van der Waals surface area (Å²) in [5, 5.41) is 0. The number of nitrogens with zero attached hydrogens (tertiary/aromatic N) is 1. The summed E-state index contributed by atoms with van der Waals surface area (Å²) in [5.41, 5.74) is 7.51. The van der Waals surface area contributed by atoms with Crippen LogP contribution in [0.2, 0.25) is 0 Å². The first-order chi connectivity index (χ1) is 8.22. The average molecular weight is 234 g/mol. The minimum atomic E-state index is 0.227. The third-order valence-corrected chi connectivity index (χ3v) is 3.44. The van der Waals surface area contributed by atoms with Crippen molar-refractivity contribution >= 4 is 0 Å². The Balaban J connectivity index is 2.22. The summed E-state index contributed by atoms with van der Waals surface area (Å²) in [6.45, 7) is 3.83. The van der Waals surface area contributed by atoms with E-state index in [4.69, 9.17) is 10.5 Å². The van der Waals surface area contributed by atoms with E-state index in [-0.39, 0.29) is 6.04 Å². The molecule has 0 bridgehead atoms. The lowest BCUT2D eigenvalue weighted by molar-refractivity contribution is 0.162. The fourth-order valence-electron chi connectivity index (χ4n) is 2.66. The second-order valence-corrected chi connectivity index (χ2v) is 4.74. The summed E-state index contributed by atoms with van der Waals surface area (Å²) in [4.78, 5) is 2.35. The monoisotopic (exact) mass is 234 g/mol. The lowest BCUT2D eigenvalue weighted by Gasteiger charge is -2.37. The van der Waals surface area contributed by atoms with Crippen molar-refractivity contribution in [3.63, 3.8) is 0 Å². The standard InChI is InChI=1S/C14H22N2O/c1-3-17-12-7-4-6-11(10-12)14-13(15)8-5-9-16(14)2/h4,6-7,10,13-14H,3,5,8-9,15H2,1-2H3. The topological polar surface area (TPSA) is 38.5 Å². The van der Waals surface area contributed by atoms with Crippen LogP contribution in [0.4, 0.5) is 0 Å². The zero-order valence-corrected chi connectivity index (χ0v) is 10.7. The Labute approximate surface area is 104 Å². The first kappa shape index (κ1) is 12.4. The highest BCUT2D eigenvalue weighted by Crippen LogP contribution is 2.30. The highest BCUT2D eigenvalue weighted by molar-refractivity contribution is 5.31. The molecule has 2 atom stereocenters. The summed E-state index contributed by atoms with van der Waals surface area (Å²) in [7, 11) is 2.15. The molecule has 2 N–H and O–H groups in total. The zero-order chi connectivity index (χ0) is 12.3. The van der Waals surface area contributed by atoms with Crippen LogP contribution in [0.25, 0.3) is 0 Å². The van der Waals surface area contributed by atoms with Gasteiger partial charge in [-0.3, -0.25) is 4.90 Å². The third kappa shape index (κ3) is 2.79. The van der Waals surface area contributed by atoms with Crippen molar-refractivity contribution in [3.05, 3.63) is 29.8 Å². The van der Waals surface area contributed by atoms with Gasteiger partial charge in [-0.15, -0.1) is 0 Å². The Kier molecular flexibility index (Phi) is 4.02. The van der Waals surface area contributed by atoms with E-state index >= 15 is 0 Å². The van der Waals surface area contributed by atoms with Crippen LogP contribution >= 0.6 is 0 Å². The lowest BCUT2D eigenvalue weighted by Crippen LogP contribution is -2.43. The van der Waals surface area contributed by atoms with Gasteiger partial charge in [0.25, 0.3) is 0 Å². The number of hydrogen-bond acceptors (Lipinski definition) is 3. The van der Waals surface area contributed by atoms with E-state index in [2.05, 4.69) is 30.1 Å². The zero-order valence-electron chi connectivity index (χ0n) is 10.7. The van der Waals surface area contributed by atoms with Crippen LogP contribution < -0.4 is 10.5 Å². The molecule has 0 aromatic heterocycles. The number of likely N-dealkylation sites (tertiary alicyclic amines) is 1. The molecule has 1 aromatic carbocycles. The molecule has 2 rings (SSSR count). The second-order valence-electron chi connectivity index (χ2n) is 4.74. The Morgan fingerprint density at radius 2 is 2.29 bits per heavy atom. The number of piperidine rings is 1. The molecular weight excluding hydrogens is 212 g/mol. The van der Waals surface area contributed by atoms with Crippen LogP contribution in [0.15, 0.2) is 24.3 Å². The van der Waals surface area contributed by atoms with Crippen LogP contribution in [-0.2, 0) is 0 Å². The van der Waals surface area contributed by atoms with Gasteiger partial charge in [0.1, 0.15) is 5.75 Å². The molecule has 2 unspecified atom stereocenters. The smallest absolute Gasteiger partial charge is 0.119 e. The van der Waals surface area contributed by atoms with Crippen molar-refractivity contribution in [2.75, 3.05) is 20.2 Å². The highest BCUT2D eigenvalue weighted by Gasteiger charge is 2.27. The Morgan fingerprint density at radius 1 is 1.47 bits per heavy atom. The van der Waals surface area contributed by atoms with Crippen molar-refractivity contribution in [1.82, 2.24) is 4.90 Å². The lowest BCUT2D eigenvalue weighted by atomic mass is 9.91. The first-order valence-corrected chi connectivity index (χ1v) is 6.41. The molecule has 94 valence electrons. The number of nitrogens with two attached hydrogens (primary N) is 1. The number of rotatable bonds is 3. The summed E-state index contributed by atoms with van der Waals surface area (Å²) < 4.78 is 5.55. The van der Waals surface area contributed by atoms with Crippen molar-refractivity contribution in [3.8, 4) is 5.75 Å². The summed E-state index contributed by atoms with van der Waals surface area (Å²) in [6, 6.07) is 8.87. The molecular formula is C14H22N2O. The highest BCUT2D eigenvalue weighted by atomic mass is 16.5. The maximum absolute atomic E-state index is 6.24. The molecule has 1 fully saturated rings. The van der Waals surface area contributed by atoms with E-state index in [1.807, 2.05) is 13.0 Å². The van der Waals surface area contributed by atoms with Gasteiger partial charge in [-0.2, -0.15) is 0 Å². The van der Waals surface area contributed by atoms with Gasteiger partial charge in [-0.05, 0) is 51.1 Å². The van der Waals surface area contributed by atoms with Crippen LogP contribution in [-0.4, -0.2) is 31.1 Å². The number of hydrogen-bond donors (Lipinski definition) is 1. The van der Waals surface area contributed by atoms with Gasteiger partial charge in [0.2, 0.25) is 0 Å². The first-order valence-electron chi connectivity index (χ1n) is 6.41. The molecule has 0 saturated carbocycles. The van der Waals surface area contributed by atoms with E-state index in [0.717, 1.165) is 18.7 Å². The second kappa shape index (κ2) is 5.52. The molecule has 1 aliphatic rings. The van der Waals surface area contributed by atoms with Gasteiger partial charge in [-0.1, -0.05) is 12.1 Å². The normalized spacial score (nSPS) is 25.8. The predicted octanol–water partition coefficient (Wildman–Crippen LogP) is 2.18. The molecule has 0 radical (unpaired) electrons. The molecule has 0 aliphatic carbocycles. The molecule has 1 heterocycles. The predicted molar refractivity (Wildman–Crippen MR) is 70.2 cm³/mol. The molecule has 3 nitrogen and oxygen atoms in total. The third-order valence-electron chi connectivity index (χ3n) is 3.44. The van der Waals surface area contributed by atoms with Crippen LogP contribution in [0, 0.1) is 0 Å². The Bertz CT molecular complexity index is 357. The molecule has 1 saturated heterocycles. The molecule has 17 heavy (non-hydrogen) atoms. The van der Waals surface area contributed by atoms with E-state index < -0.39 is 0 Å². The van der Waals surface area contributed by atoms with Gasteiger partial charge in [-0.25, -0.2) is 0 Å². The Morgan fingerprint density at radius 3 is 3.00 bits per heavy atom. The Hall–Kier alpha value is -1.06. The molecule has 1 aromatic rings. The van der Waals surface area contributed by atoms with Crippen LogP contribution in [0.1, 0.15) is 31.4 Å². The van der Waals surface area contributed by atoms with Gasteiger partial charge >= 0.3 is 0 Å². The summed E-state index contributed by atoms with van der Waals surface area (Å²) >= 11 is 0. The van der Waals surface area contributed by atoms with E-state index in [1.54, 1.807) is 0 Å². The van der Waals surface area contributed by atoms with E-state index in [9.17, 15) is 0 Å². The average Bonchev–Trinajstić information content (AvgIpc) is 2.30. The molecule has 1 aliphatic heterocycles. The molecule has 3 heteroatoms. The number of benzene rings is 1. The maximum atomic E-state index is 6.24.